The number of guanidine groups is 1. The third kappa shape index (κ3) is 6.76. The zero-order valence-electron chi connectivity index (χ0n) is 18.0. The van der Waals surface area contributed by atoms with Crippen LogP contribution in [0.3, 0.4) is 0 Å². The van der Waals surface area contributed by atoms with Crippen LogP contribution in [0.4, 0.5) is 4.39 Å². The first-order valence-corrected chi connectivity index (χ1v) is 11.6. The summed E-state index contributed by atoms with van der Waals surface area (Å²) < 4.78 is 38.7. The maximum absolute atomic E-state index is 13.8. The van der Waals surface area contributed by atoms with Crippen LogP contribution in [0.15, 0.2) is 70.7 Å². The lowest BCUT2D eigenvalue weighted by molar-refractivity contribution is 0.464. The molecule has 3 aromatic rings. The normalized spacial score (nSPS) is 11.7. The highest BCUT2D eigenvalue weighted by molar-refractivity contribution is 14.0. The van der Waals surface area contributed by atoms with Crippen LogP contribution in [0.25, 0.3) is 11.3 Å². The molecule has 7 nitrogen and oxygen atoms in total. The molecule has 2 aromatic carbocycles. The lowest BCUT2D eigenvalue weighted by Gasteiger charge is -2.21. The number of H-pyrrole nitrogens is 1. The quantitative estimate of drug-likeness (QED) is 0.245. The Labute approximate surface area is 205 Å². The van der Waals surface area contributed by atoms with E-state index in [0.29, 0.717) is 19.0 Å². The maximum Gasteiger partial charge on any atom is 0.194 e. The number of hydrogen-bond acceptors (Lipinski definition) is 4. The average Bonchev–Trinajstić information content (AvgIpc) is 3.22. The number of nitrogens with zero attached hydrogens (tertiary/aromatic N) is 3. The number of nitrogens with one attached hydrogen (secondary N) is 2. The van der Waals surface area contributed by atoms with Crippen LogP contribution in [-0.4, -0.2) is 55.1 Å². The lowest BCUT2D eigenvalue weighted by Crippen LogP contribution is -2.39. The van der Waals surface area contributed by atoms with E-state index in [1.54, 1.807) is 6.20 Å². The summed E-state index contributed by atoms with van der Waals surface area (Å²) in [5.74, 6) is 0.271. The Morgan fingerprint density at radius 2 is 1.84 bits per heavy atom. The fourth-order valence-electron chi connectivity index (χ4n) is 3.06. The second-order valence-electron chi connectivity index (χ2n) is 6.95. The minimum Gasteiger partial charge on any atom is -0.357 e. The first-order chi connectivity index (χ1) is 14.9. The van der Waals surface area contributed by atoms with Crippen LogP contribution in [0.5, 0.6) is 0 Å². The van der Waals surface area contributed by atoms with Gasteiger partial charge in [-0.2, -0.15) is 0 Å². The number of hydrogen-bond donors (Lipinski definition) is 2. The van der Waals surface area contributed by atoms with Crippen LogP contribution < -0.4 is 5.32 Å². The molecule has 10 heteroatoms. The van der Waals surface area contributed by atoms with Crippen LogP contribution >= 0.6 is 24.0 Å². The molecule has 0 fully saturated rings. The van der Waals surface area contributed by atoms with Crippen LogP contribution in [0.2, 0.25) is 0 Å². The highest BCUT2D eigenvalue weighted by Gasteiger charge is 2.18. The summed E-state index contributed by atoms with van der Waals surface area (Å²) in [5, 5.41) is 3.14. The molecular weight excluding hydrogens is 544 g/mol. The number of halogens is 2. The number of rotatable bonds is 8. The predicted molar refractivity (Wildman–Crippen MR) is 135 cm³/mol. The van der Waals surface area contributed by atoms with Gasteiger partial charge in [0.15, 0.2) is 15.8 Å². The Hall–Kier alpha value is -2.47. The van der Waals surface area contributed by atoms with Gasteiger partial charge in [-0.3, -0.25) is 4.99 Å². The standard InChI is InChI=1S/C22H26FN5O2S.HI/c1-3-24-22(25-13-14-31(29,30)20-12-8-7-11-18(20)23)28(2)16-21-26-15-19(27-21)17-9-5-4-6-10-17;/h4-12,15H,3,13-14,16H2,1-2H3,(H,24,25)(H,26,27);1H. The summed E-state index contributed by atoms with van der Waals surface area (Å²) in [7, 11) is -1.92. The van der Waals surface area contributed by atoms with E-state index in [4.69, 9.17) is 0 Å². The molecule has 0 aliphatic carbocycles. The van der Waals surface area contributed by atoms with E-state index < -0.39 is 15.7 Å². The summed E-state index contributed by atoms with van der Waals surface area (Å²) >= 11 is 0. The minimum absolute atomic E-state index is 0. The van der Waals surface area contributed by atoms with E-state index in [9.17, 15) is 12.8 Å². The van der Waals surface area contributed by atoms with Crippen LogP contribution in [0.1, 0.15) is 12.7 Å². The summed E-state index contributed by atoms with van der Waals surface area (Å²) in [5.41, 5.74) is 1.96. The van der Waals surface area contributed by atoms with Crippen molar-refractivity contribution >= 4 is 39.8 Å². The van der Waals surface area contributed by atoms with Crippen molar-refractivity contribution in [1.29, 1.82) is 0 Å². The van der Waals surface area contributed by atoms with Crippen molar-refractivity contribution in [3.8, 4) is 11.3 Å². The van der Waals surface area contributed by atoms with Gasteiger partial charge in [-0.05, 0) is 24.6 Å². The van der Waals surface area contributed by atoms with Gasteiger partial charge in [0.25, 0.3) is 0 Å². The maximum atomic E-state index is 13.8. The molecular formula is C22H27FIN5O2S. The van der Waals surface area contributed by atoms with E-state index in [2.05, 4.69) is 20.3 Å². The fourth-order valence-corrected chi connectivity index (χ4v) is 4.26. The van der Waals surface area contributed by atoms with E-state index in [0.717, 1.165) is 23.1 Å². The number of sulfone groups is 1. The van der Waals surface area contributed by atoms with Gasteiger partial charge in [-0.25, -0.2) is 17.8 Å². The van der Waals surface area contributed by atoms with Crippen molar-refractivity contribution in [3.63, 3.8) is 0 Å². The monoisotopic (exact) mass is 571 g/mol. The van der Waals surface area contributed by atoms with Crippen molar-refractivity contribution < 1.29 is 12.8 Å². The molecule has 0 bridgehead atoms. The van der Waals surface area contributed by atoms with Gasteiger partial charge in [-0.15, -0.1) is 24.0 Å². The molecule has 3 rings (SSSR count). The fraction of sp³-hybridized carbons (Fsp3) is 0.273. The van der Waals surface area contributed by atoms with E-state index in [1.165, 1.54) is 18.2 Å². The SMILES string of the molecule is CCNC(=NCCS(=O)(=O)c1ccccc1F)N(C)Cc1ncc(-c2ccccc2)[nH]1.I. The number of aliphatic imine (C=N–C) groups is 1. The third-order valence-corrected chi connectivity index (χ3v) is 6.31. The zero-order valence-corrected chi connectivity index (χ0v) is 21.1. The molecule has 0 atom stereocenters. The van der Waals surface area contributed by atoms with Gasteiger partial charge in [0.1, 0.15) is 16.5 Å². The number of aromatic nitrogens is 2. The summed E-state index contributed by atoms with van der Waals surface area (Å²) in [6.07, 6.45) is 1.78. The Balaban J connectivity index is 0.00000363. The largest absolute Gasteiger partial charge is 0.357 e. The Kier molecular flexibility index (Phi) is 9.63. The first-order valence-electron chi connectivity index (χ1n) is 9.96. The molecule has 2 N–H and O–H groups in total. The first kappa shape index (κ1) is 25.8. The Bertz CT molecular complexity index is 1140. The Morgan fingerprint density at radius 1 is 1.16 bits per heavy atom. The molecule has 1 heterocycles. The van der Waals surface area contributed by atoms with Gasteiger partial charge >= 0.3 is 0 Å². The second kappa shape index (κ2) is 12.0. The second-order valence-corrected chi connectivity index (χ2v) is 9.03. The van der Waals surface area contributed by atoms with Gasteiger partial charge in [0.05, 0.1) is 30.7 Å². The van der Waals surface area contributed by atoms with Crippen LogP contribution in [-0.2, 0) is 16.4 Å². The van der Waals surface area contributed by atoms with Crippen molar-refractivity contribution in [3.05, 3.63) is 72.4 Å². The molecule has 0 aliphatic rings. The van der Waals surface area contributed by atoms with Gasteiger partial charge < -0.3 is 15.2 Å². The smallest absolute Gasteiger partial charge is 0.194 e. The molecule has 1 aromatic heterocycles. The highest BCUT2D eigenvalue weighted by atomic mass is 127. The summed E-state index contributed by atoms with van der Waals surface area (Å²) in [6.45, 7) is 3.02. The zero-order chi connectivity index (χ0) is 22.3. The third-order valence-electron chi connectivity index (χ3n) is 4.59. The molecule has 0 saturated carbocycles. The van der Waals surface area contributed by atoms with Gasteiger partial charge in [0, 0.05) is 13.6 Å². The molecule has 32 heavy (non-hydrogen) atoms. The lowest BCUT2D eigenvalue weighted by atomic mass is 10.2. The molecule has 0 aliphatic heterocycles. The number of aromatic amines is 1. The molecule has 0 unspecified atom stereocenters. The van der Waals surface area contributed by atoms with Crippen molar-refractivity contribution in [2.75, 3.05) is 25.9 Å². The van der Waals surface area contributed by atoms with Gasteiger partial charge in [0.2, 0.25) is 0 Å². The Morgan fingerprint density at radius 3 is 2.53 bits per heavy atom. The topological polar surface area (TPSA) is 90.4 Å². The average molecular weight is 571 g/mol. The van der Waals surface area contributed by atoms with E-state index in [-0.39, 0.29) is 41.2 Å². The van der Waals surface area contributed by atoms with Crippen molar-refractivity contribution in [2.24, 2.45) is 4.99 Å². The number of imidazole rings is 1. The van der Waals surface area contributed by atoms with Crippen molar-refractivity contribution in [1.82, 2.24) is 20.2 Å². The molecule has 172 valence electrons. The highest BCUT2D eigenvalue weighted by Crippen LogP contribution is 2.17. The van der Waals surface area contributed by atoms with E-state index in [1.807, 2.05) is 49.2 Å². The van der Waals surface area contributed by atoms with E-state index >= 15 is 0 Å². The summed E-state index contributed by atoms with van der Waals surface area (Å²) in [6, 6.07) is 15.3. The minimum atomic E-state index is -3.76. The molecule has 0 amide bonds. The number of benzene rings is 2. The summed E-state index contributed by atoms with van der Waals surface area (Å²) in [4.78, 5) is 13.7. The van der Waals surface area contributed by atoms with Crippen LogP contribution in [0, 0.1) is 5.82 Å². The molecule has 0 spiro atoms. The van der Waals surface area contributed by atoms with Crippen molar-refractivity contribution in [2.45, 2.75) is 18.4 Å². The predicted octanol–water partition coefficient (Wildman–Crippen LogP) is 3.71. The molecule has 0 radical (unpaired) electrons. The molecule has 0 saturated heterocycles. The van der Waals surface area contributed by atoms with Gasteiger partial charge in [-0.1, -0.05) is 42.5 Å².